The molecule has 4 rings (SSSR count). The predicted molar refractivity (Wildman–Crippen MR) is 141 cm³/mol. The van der Waals surface area contributed by atoms with Crippen LogP contribution >= 0.6 is 11.6 Å². The lowest BCUT2D eigenvalue weighted by Gasteiger charge is -2.42. The Balaban J connectivity index is 1.73. The molecule has 1 heterocycles. The number of rotatable bonds is 8. The average molecular weight is 493 g/mol. The summed E-state index contributed by atoms with van der Waals surface area (Å²) >= 11 is 6.03. The molecule has 3 aromatic carbocycles. The number of fused-ring (bicyclic) bond motifs is 1. The van der Waals surface area contributed by atoms with Crippen molar-refractivity contribution in [2.24, 2.45) is 0 Å². The Morgan fingerprint density at radius 1 is 1.09 bits per heavy atom. The zero-order chi connectivity index (χ0) is 24.9. The second-order valence-corrected chi connectivity index (χ2v) is 9.43. The number of ether oxygens (including phenoxy) is 2. The van der Waals surface area contributed by atoms with Crippen molar-refractivity contribution in [3.05, 3.63) is 93.5 Å². The van der Waals surface area contributed by atoms with Crippen LogP contribution in [0.2, 0.25) is 5.02 Å². The molecule has 0 saturated heterocycles. The maximum Gasteiger partial charge on any atom is 0.251 e. The number of halogens is 1. The molecular formula is C29H33ClN2O3. The maximum atomic E-state index is 13.2. The van der Waals surface area contributed by atoms with Crippen LogP contribution in [0.15, 0.2) is 60.7 Å². The zero-order valence-electron chi connectivity index (χ0n) is 20.8. The summed E-state index contributed by atoms with van der Waals surface area (Å²) in [6, 6.07) is 19.6. The fourth-order valence-electron chi connectivity index (χ4n) is 4.94. The second-order valence-electron chi connectivity index (χ2n) is 8.99. The van der Waals surface area contributed by atoms with E-state index in [-0.39, 0.29) is 18.0 Å². The summed E-state index contributed by atoms with van der Waals surface area (Å²) in [6.45, 7) is 5.96. The Labute approximate surface area is 213 Å². The van der Waals surface area contributed by atoms with Crippen molar-refractivity contribution < 1.29 is 14.3 Å². The van der Waals surface area contributed by atoms with Gasteiger partial charge in [-0.1, -0.05) is 42.8 Å². The Kier molecular flexibility index (Phi) is 7.99. The molecule has 2 unspecified atom stereocenters. The molecule has 6 heteroatoms. The minimum Gasteiger partial charge on any atom is -0.493 e. The average Bonchev–Trinajstić information content (AvgIpc) is 2.88. The fourth-order valence-corrected chi connectivity index (χ4v) is 5.07. The van der Waals surface area contributed by atoms with Crippen LogP contribution in [0, 0.1) is 6.92 Å². The maximum absolute atomic E-state index is 13.2. The van der Waals surface area contributed by atoms with E-state index in [2.05, 4.69) is 60.5 Å². The lowest BCUT2D eigenvalue weighted by atomic mass is 9.86. The summed E-state index contributed by atoms with van der Waals surface area (Å²) in [5, 5.41) is 3.93. The third-order valence-electron chi connectivity index (χ3n) is 6.90. The lowest BCUT2D eigenvalue weighted by Crippen LogP contribution is -2.48. The van der Waals surface area contributed by atoms with Crippen LogP contribution < -0.4 is 14.8 Å². The first kappa shape index (κ1) is 25.1. The van der Waals surface area contributed by atoms with Gasteiger partial charge in [-0.3, -0.25) is 9.69 Å². The number of carbonyl (C=O) groups excluding carboxylic acids is 1. The number of carbonyl (C=O) groups is 1. The quantitative estimate of drug-likeness (QED) is 0.420. The molecule has 184 valence electrons. The minimum absolute atomic E-state index is 0.0144. The molecule has 0 saturated carbocycles. The van der Waals surface area contributed by atoms with Crippen LogP contribution in [0.3, 0.4) is 0 Å². The van der Waals surface area contributed by atoms with Gasteiger partial charge in [0.25, 0.3) is 5.91 Å². The van der Waals surface area contributed by atoms with Gasteiger partial charge in [-0.15, -0.1) is 0 Å². The van der Waals surface area contributed by atoms with Gasteiger partial charge in [-0.25, -0.2) is 0 Å². The predicted octanol–water partition coefficient (Wildman–Crippen LogP) is 5.97. The van der Waals surface area contributed by atoms with Gasteiger partial charge in [0.2, 0.25) is 0 Å². The number of nitrogens with zero attached hydrogens (tertiary/aromatic N) is 1. The molecular weight excluding hydrogens is 460 g/mol. The standard InChI is InChI=1S/C29H33ClN2O3/c1-5-25(31-29(33)20-10-12-23(30)13-11-20)28-24-17-27(35-4)26(34-3)16-21(24)14-15-32(28)18-22-9-7-6-8-19(22)2/h6-13,16-17,25,28H,5,14-15,18H2,1-4H3,(H,31,33). The highest BCUT2D eigenvalue weighted by molar-refractivity contribution is 6.30. The largest absolute Gasteiger partial charge is 0.493 e. The van der Waals surface area contributed by atoms with Gasteiger partial charge in [-0.2, -0.15) is 0 Å². The number of amides is 1. The molecule has 0 bridgehead atoms. The zero-order valence-corrected chi connectivity index (χ0v) is 21.6. The summed E-state index contributed by atoms with van der Waals surface area (Å²) in [7, 11) is 3.32. The third kappa shape index (κ3) is 5.47. The van der Waals surface area contributed by atoms with E-state index in [1.54, 1.807) is 38.5 Å². The summed E-state index contributed by atoms with van der Waals surface area (Å²) in [4.78, 5) is 15.7. The number of methoxy groups -OCH3 is 2. The highest BCUT2D eigenvalue weighted by atomic mass is 35.5. The van der Waals surface area contributed by atoms with Crippen molar-refractivity contribution in [2.45, 2.75) is 45.3 Å². The fraction of sp³-hybridized carbons (Fsp3) is 0.345. The molecule has 0 fully saturated rings. The summed E-state index contributed by atoms with van der Waals surface area (Å²) in [5.41, 5.74) is 5.56. The van der Waals surface area contributed by atoms with E-state index >= 15 is 0 Å². The molecule has 1 aliphatic rings. The molecule has 1 amide bonds. The monoisotopic (exact) mass is 492 g/mol. The van der Waals surface area contributed by atoms with Crippen LogP contribution in [0.1, 0.15) is 52.0 Å². The van der Waals surface area contributed by atoms with Gasteiger partial charge in [0.1, 0.15) is 0 Å². The molecule has 35 heavy (non-hydrogen) atoms. The van der Waals surface area contributed by atoms with E-state index in [0.717, 1.165) is 31.7 Å². The number of hydrogen-bond donors (Lipinski definition) is 1. The van der Waals surface area contributed by atoms with Crippen molar-refractivity contribution >= 4 is 17.5 Å². The van der Waals surface area contributed by atoms with Crippen molar-refractivity contribution in [2.75, 3.05) is 20.8 Å². The smallest absolute Gasteiger partial charge is 0.251 e. The molecule has 2 atom stereocenters. The summed E-state index contributed by atoms with van der Waals surface area (Å²) < 4.78 is 11.2. The second kappa shape index (κ2) is 11.1. The molecule has 0 aromatic heterocycles. The third-order valence-corrected chi connectivity index (χ3v) is 7.16. The Morgan fingerprint density at radius 2 is 1.77 bits per heavy atom. The topological polar surface area (TPSA) is 50.8 Å². The number of benzene rings is 3. The van der Waals surface area contributed by atoms with Crippen molar-refractivity contribution in [3.63, 3.8) is 0 Å². The van der Waals surface area contributed by atoms with Crippen LogP contribution in [-0.2, 0) is 13.0 Å². The Bertz CT molecular complexity index is 1180. The van der Waals surface area contributed by atoms with Gasteiger partial charge < -0.3 is 14.8 Å². The molecule has 3 aromatic rings. The molecule has 0 aliphatic carbocycles. The van der Waals surface area contributed by atoms with Crippen LogP contribution in [0.4, 0.5) is 0 Å². The van der Waals surface area contributed by atoms with Crippen molar-refractivity contribution in [1.29, 1.82) is 0 Å². The van der Waals surface area contributed by atoms with Crippen LogP contribution in [0.25, 0.3) is 0 Å². The number of aryl methyl sites for hydroxylation is 1. The SMILES string of the molecule is CCC(NC(=O)c1ccc(Cl)cc1)C1c2cc(OC)c(OC)cc2CCN1Cc1ccccc1C. The first-order valence-corrected chi connectivity index (χ1v) is 12.4. The molecule has 5 nitrogen and oxygen atoms in total. The number of nitrogens with one attached hydrogen (secondary N) is 1. The van der Waals surface area contributed by atoms with Crippen molar-refractivity contribution in [1.82, 2.24) is 10.2 Å². The highest BCUT2D eigenvalue weighted by Gasteiger charge is 2.35. The van der Waals surface area contributed by atoms with E-state index in [9.17, 15) is 4.79 Å². The molecule has 0 radical (unpaired) electrons. The minimum atomic E-state index is -0.100. The lowest BCUT2D eigenvalue weighted by molar-refractivity contribution is 0.0858. The van der Waals surface area contributed by atoms with E-state index in [1.807, 2.05) is 0 Å². The van der Waals surface area contributed by atoms with Gasteiger partial charge in [-0.05, 0) is 78.4 Å². The first-order chi connectivity index (χ1) is 16.9. The van der Waals surface area contributed by atoms with Crippen LogP contribution in [0.5, 0.6) is 11.5 Å². The van der Waals surface area contributed by atoms with E-state index < -0.39 is 0 Å². The highest BCUT2D eigenvalue weighted by Crippen LogP contribution is 2.40. The first-order valence-electron chi connectivity index (χ1n) is 12.0. The summed E-state index contributed by atoms with van der Waals surface area (Å²) in [6.07, 6.45) is 1.68. The van der Waals surface area contributed by atoms with Gasteiger partial charge in [0, 0.05) is 29.7 Å². The molecule has 1 aliphatic heterocycles. The van der Waals surface area contributed by atoms with Gasteiger partial charge in [0.15, 0.2) is 11.5 Å². The summed E-state index contributed by atoms with van der Waals surface area (Å²) in [5.74, 6) is 1.33. The normalized spacial score (nSPS) is 16.3. The molecule has 0 spiro atoms. The van der Waals surface area contributed by atoms with Gasteiger partial charge in [0.05, 0.1) is 20.3 Å². The Morgan fingerprint density at radius 3 is 2.43 bits per heavy atom. The van der Waals surface area contributed by atoms with Crippen LogP contribution in [-0.4, -0.2) is 37.6 Å². The number of hydrogen-bond acceptors (Lipinski definition) is 4. The Hall–Kier alpha value is -3.02. The van der Waals surface area contributed by atoms with E-state index in [4.69, 9.17) is 21.1 Å². The van der Waals surface area contributed by atoms with Crippen molar-refractivity contribution in [3.8, 4) is 11.5 Å². The van der Waals surface area contributed by atoms with Gasteiger partial charge >= 0.3 is 0 Å². The van der Waals surface area contributed by atoms with E-state index in [1.165, 1.54) is 22.3 Å². The van der Waals surface area contributed by atoms with E-state index in [0.29, 0.717) is 16.3 Å². The molecule has 1 N–H and O–H groups in total.